The molecule has 0 unspecified atom stereocenters. The molecule has 1 heterocycles. The number of hydrogen-bond donors (Lipinski definition) is 0. The molecule has 3 aromatic rings. The number of nitro groups is 1. The molecule has 0 saturated carbocycles. The number of thiazole rings is 1. The van der Waals surface area contributed by atoms with Crippen LogP contribution in [0.25, 0.3) is 10.2 Å². The summed E-state index contributed by atoms with van der Waals surface area (Å²) in [6.45, 7) is 2.38. The van der Waals surface area contributed by atoms with Crippen LogP contribution in [0.1, 0.15) is 5.56 Å². The van der Waals surface area contributed by atoms with E-state index in [9.17, 15) is 23.3 Å². The minimum atomic E-state index is -3.82. The molecule has 3 rings (SSSR count). The van der Waals surface area contributed by atoms with Crippen molar-refractivity contribution in [3.05, 3.63) is 62.9 Å². The standard InChI is InChI=1S/C19H19N3O5S3/c1-13-3-6-15(7-4-13)30(26,27)12-18(23)20-19-21(9-10-28-2)16-8-5-14(22(24)25)11-17(16)29-19/h3-8,11H,9-10,12H2,1-2H3. The summed E-state index contributed by atoms with van der Waals surface area (Å²) in [5, 5.41) is 11.1. The van der Waals surface area contributed by atoms with Crippen molar-refractivity contribution in [2.45, 2.75) is 18.4 Å². The van der Waals surface area contributed by atoms with E-state index in [0.29, 0.717) is 21.6 Å². The highest BCUT2D eigenvalue weighted by atomic mass is 32.2. The number of amides is 1. The van der Waals surface area contributed by atoms with Gasteiger partial charge in [-0.05, 0) is 31.4 Å². The molecular formula is C19H19N3O5S3. The maximum absolute atomic E-state index is 12.5. The number of fused-ring (bicyclic) bond motifs is 1. The van der Waals surface area contributed by atoms with Crippen LogP contribution in [0.15, 0.2) is 52.4 Å². The van der Waals surface area contributed by atoms with E-state index in [1.165, 1.54) is 24.3 Å². The van der Waals surface area contributed by atoms with Crippen molar-refractivity contribution < 1.29 is 18.1 Å². The first-order chi connectivity index (χ1) is 14.2. The molecule has 0 saturated heterocycles. The Labute approximate surface area is 181 Å². The number of thioether (sulfide) groups is 1. The maximum atomic E-state index is 12.5. The lowest BCUT2D eigenvalue weighted by atomic mass is 10.2. The predicted molar refractivity (Wildman–Crippen MR) is 119 cm³/mol. The summed E-state index contributed by atoms with van der Waals surface area (Å²) in [5.41, 5.74) is 1.58. The Morgan fingerprint density at radius 2 is 1.93 bits per heavy atom. The summed E-state index contributed by atoms with van der Waals surface area (Å²) in [4.78, 5) is 27.5. The number of hydrogen-bond acceptors (Lipinski definition) is 7. The van der Waals surface area contributed by atoms with Gasteiger partial charge in [0, 0.05) is 24.4 Å². The summed E-state index contributed by atoms with van der Waals surface area (Å²) in [6.07, 6.45) is 1.94. The third-order valence-corrected chi connectivity index (χ3v) is 7.56. The molecule has 0 bridgehead atoms. The summed E-state index contributed by atoms with van der Waals surface area (Å²) in [6, 6.07) is 10.7. The van der Waals surface area contributed by atoms with Gasteiger partial charge in [-0.1, -0.05) is 29.0 Å². The van der Waals surface area contributed by atoms with E-state index in [4.69, 9.17) is 0 Å². The van der Waals surface area contributed by atoms with Gasteiger partial charge in [-0.25, -0.2) is 8.42 Å². The normalized spacial score (nSPS) is 12.4. The first-order valence-corrected chi connectivity index (χ1v) is 12.7. The zero-order chi connectivity index (χ0) is 21.9. The Bertz CT molecular complexity index is 1270. The van der Waals surface area contributed by atoms with Crippen molar-refractivity contribution in [3.8, 4) is 0 Å². The number of carbonyl (C=O) groups is 1. The summed E-state index contributed by atoms with van der Waals surface area (Å²) < 4.78 is 27.5. The molecule has 0 N–H and O–H groups in total. The van der Waals surface area contributed by atoms with Gasteiger partial charge in [0.2, 0.25) is 0 Å². The van der Waals surface area contributed by atoms with Crippen LogP contribution < -0.4 is 4.80 Å². The summed E-state index contributed by atoms with van der Waals surface area (Å²) >= 11 is 2.73. The lowest BCUT2D eigenvalue weighted by Crippen LogP contribution is -2.21. The van der Waals surface area contributed by atoms with Crippen LogP contribution in [0.4, 0.5) is 5.69 Å². The molecule has 0 radical (unpaired) electrons. The Morgan fingerprint density at radius 1 is 1.23 bits per heavy atom. The highest BCUT2D eigenvalue weighted by Gasteiger charge is 2.20. The predicted octanol–water partition coefficient (Wildman–Crippen LogP) is 3.18. The Balaban J connectivity index is 1.99. The fourth-order valence-electron chi connectivity index (χ4n) is 2.79. The van der Waals surface area contributed by atoms with Crippen molar-refractivity contribution in [3.63, 3.8) is 0 Å². The van der Waals surface area contributed by atoms with E-state index in [2.05, 4.69) is 4.99 Å². The van der Waals surface area contributed by atoms with Gasteiger partial charge in [0.1, 0.15) is 5.75 Å². The zero-order valence-electron chi connectivity index (χ0n) is 16.3. The van der Waals surface area contributed by atoms with Crippen molar-refractivity contribution in [1.29, 1.82) is 0 Å². The van der Waals surface area contributed by atoms with Crippen LogP contribution in [0.2, 0.25) is 0 Å². The molecule has 0 fully saturated rings. The van der Waals surface area contributed by atoms with Crippen LogP contribution in [0.5, 0.6) is 0 Å². The van der Waals surface area contributed by atoms with Crippen molar-refractivity contribution in [1.82, 2.24) is 4.57 Å². The van der Waals surface area contributed by atoms with Crippen LogP contribution in [0, 0.1) is 17.0 Å². The molecule has 8 nitrogen and oxygen atoms in total. The number of rotatable bonds is 7. The Hall–Kier alpha value is -2.50. The van der Waals surface area contributed by atoms with E-state index in [-0.39, 0.29) is 10.6 Å². The van der Waals surface area contributed by atoms with E-state index in [0.717, 1.165) is 22.7 Å². The molecular weight excluding hydrogens is 446 g/mol. The number of nitro benzene ring substituents is 1. The SMILES string of the molecule is CSCCn1c(=NC(=O)CS(=O)(=O)c2ccc(C)cc2)sc2cc([N+](=O)[O-])ccc21. The minimum absolute atomic E-state index is 0.0550. The first-order valence-electron chi connectivity index (χ1n) is 8.85. The number of non-ortho nitro benzene ring substituents is 1. The zero-order valence-corrected chi connectivity index (χ0v) is 18.7. The Morgan fingerprint density at radius 3 is 2.57 bits per heavy atom. The van der Waals surface area contributed by atoms with Gasteiger partial charge in [-0.15, -0.1) is 0 Å². The highest BCUT2D eigenvalue weighted by Crippen LogP contribution is 2.23. The molecule has 0 aliphatic heterocycles. The van der Waals surface area contributed by atoms with Gasteiger partial charge >= 0.3 is 0 Å². The van der Waals surface area contributed by atoms with Crippen molar-refractivity contribution in [2.75, 3.05) is 17.8 Å². The number of sulfone groups is 1. The fraction of sp³-hybridized carbons (Fsp3) is 0.263. The molecule has 158 valence electrons. The maximum Gasteiger partial charge on any atom is 0.270 e. The van der Waals surface area contributed by atoms with Gasteiger partial charge in [0.05, 0.1) is 20.0 Å². The van der Waals surface area contributed by atoms with Crippen LogP contribution >= 0.6 is 23.1 Å². The molecule has 11 heteroatoms. The molecule has 0 spiro atoms. The first kappa shape index (κ1) is 22.2. The van der Waals surface area contributed by atoms with Crippen LogP contribution in [0.3, 0.4) is 0 Å². The molecule has 1 aromatic heterocycles. The number of aromatic nitrogens is 1. The largest absolute Gasteiger partial charge is 0.316 e. The van der Waals surface area contributed by atoms with E-state index >= 15 is 0 Å². The van der Waals surface area contributed by atoms with E-state index in [1.807, 2.05) is 13.2 Å². The third kappa shape index (κ3) is 4.97. The van der Waals surface area contributed by atoms with E-state index in [1.54, 1.807) is 34.5 Å². The summed E-state index contributed by atoms with van der Waals surface area (Å²) in [5.74, 6) is -0.784. The van der Waals surface area contributed by atoms with Gasteiger partial charge in [-0.3, -0.25) is 14.9 Å². The topological polar surface area (TPSA) is 112 Å². The second-order valence-corrected chi connectivity index (χ2v) is 10.5. The minimum Gasteiger partial charge on any atom is -0.316 e. The van der Waals surface area contributed by atoms with Crippen molar-refractivity contribution in [2.24, 2.45) is 4.99 Å². The quantitative estimate of drug-likeness (QED) is 0.391. The monoisotopic (exact) mass is 465 g/mol. The summed E-state index contributed by atoms with van der Waals surface area (Å²) in [7, 11) is -3.82. The van der Waals surface area contributed by atoms with Crippen LogP contribution in [-0.2, 0) is 21.2 Å². The number of aryl methyl sites for hydroxylation is 2. The molecule has 30 heavy (non-hydrogen) atoms. The number of benzene rings is 2. The number of carbonyl (C=O) groups excluding carboxylic acids is 1. The van der Waals surface area contributed by atoms with Crippen molar-refractivity contribution >= 4 is 54.7 Å². The van der Waals surface area contributed by atoms with Crippen LogP contribution in [-0.4, -0.2) is 41.6 Å². The van der Waals surface area contributed by atoms with Gasteiger partial charge in [-0.2, -0.15) is 16.8 Å². The lowest BCUT2D eigenvalue weighted by Gasteiger charge is -2.04. The number of nitrogens with zero attached hydrogens (tertiary/aromatic N) is 3. The molecule has 1 amide bonds. The van der Waals surface area contributed by atoms with Gasteiger partial charge in [0.25, 0.3) is 11.6 Å². The average molecular weight is 466 g/mol. The highest BCUT2D eigenvalue weighted by molar-refractivity contribution is 7.98. The van der Waals surface area contributed by atoms with E-state index < -0.39 is 26.4 Å². The molecule has 2 aromatic carbocycles. The smallest absolute Gasteiger partial charge is 0.270 e. The Kier molecular flexibility index (Phi) is 6.74. The second-order valence-electron chi connectivity index (χ2n) is 6.52. The molecule has 0 aliphatic rings. The molecule has 0 atom stereocenters. The van der Waals surface area contributed by atoms with Gasteiger partial charge in [0.15, 0.2) is 14.6 Å². The third-order valence-electron chi connectivity index (χ3n) is 4.31. The van der Waals surface area contributed by atoms with Gasteiger partial charge < -0.3 is 4.57 Å². The average Bonchev–Trinajstić information content (AvgIpc) is 3.02. The fourth-order valence-corrected chi connectivity index (χ4v) is 5.37. The molecule has 0 aliphatic carbocycles. The lowest BCUT2D eigenvalue weighted by molar-refractivity contribution is -0.384. The second kappa shape index (κ2) is 9.11.